The first kappa shape index (κ1) is 15.0. The van der Waals surface area contributed by atoms with E-state index in [2.05, 4.69) is 20.1 Å². The highest BCUT2D eigenvalue weighted by molar-refractivity contribution is 5.79. The Morgan fingerprint density at radius 2 is 2.26 bits per heavy atom. The summed E-state index contributed by atoms with van der Waals surface area (Å²) in [5.74, 6) is 0.548. The van der Waals surface area contributed by atoms with Gasteiger partial charge in [0.1, 0.15) is 12.5 Å². The van der Waals surface area contributed by atoms with E-state index in [1.165, 1.54) is 6.08 Å². The summed E-state index contributed by atoms with van der Waals surface area (Å²) in [7, 11) is 0. The molecule has 23 heavy (non-hydrogen) atoms. The van der Waals surface area contributed by atoms with Crippen LogP contribution in [0.25, 0.3) is 28.1 Å². The molecule has 6 nitrogen and oxygen atoms in total. The molecule has 3 heterocycles. The van der Waals surface area contributed by atoms with E-state index in [0.29, 0.717) is 11.5 Å². The lowest BCUT2D eigenvalue weighted by Crippen LogP contribution is -2.02. The normalized spacial score (nSPS) is 12.6. The lowest BCUT2D eigenvalue weighted by molar-refractivity contribution is 0.562. The third-order valence-corrected chi connectivity index (χ3v) is 3.61. The van der Waals surface area contributed by atoms with Gasteiger partial charge in [-0.05, 0) is 26.0 Å². The van der Waals surface area contributed by atoms with Crippen molar-refractivity contribution in [3.05, 3.63) is 42.4 Å². The number of anilines is 1. The molecular formula is C16H17FN6. The van der Waals surface area contributed by atoms with Gasteiger partial charge >= 0.3 is 0 Å². The summed E-state index contributed by atoms with van der Waals surface area (Å²) < 4.78 is 13.8. The number of fused-ring (bicyclic) bond motifs is 1. The number of rotatable bonds is 4. The van der Waals surface area contributed by atoms with Crippen molar-refractivity contribution in [3.8, 4) is 11.3 Å². The Morgan fingerprint density at radius 3 is 3.04 bits per heavy atom. The van der Waals surface area contributed by atoms with E-state index >= 15 is 0 Å². The summed E-state index contributed by atoms with van der Waals surface area (Å²) in [6.45, 7) is 3.28. The van der Waals surface area contributed by atoms with Crippen molar-refractivity contribution < 1.29 is 4.39 Å². The molecule has 3 aromatic heterocycles. The number of halogens is 1. The van der Waals surface area contributed by atoms with Gasteiger partial charge in [-0.3, -0.25) is 0 Å². The van der Waals surface area contributed by atoms with Gasteiger partial charge in [-0.15, -0.1) is 0 Å². The highest BCUT2D eigenvalue weighted by Gasteiger charge is 2.15. The number of pyridine rings is 1. The minimum atomic E-state index is -0.501. The van der Waals surface area contributed by atoms with Crippen molar-refractivity contribution >= 4 is 22.7 Å². The van der Waals surface area contributed by atoms with Crippen LogP contribution in [-0.4, -0.2) is 31.4 Å². The van der Waals surface area contributed by atoms with Crippen molar-refractivity contribution in [2.45, 2.75) is 13.8 Å². The van der Waals surface area contributed by atoms with E-state index in [-0.39, 0.29) is 0 Å². The molecule has 0 atom stereocenters. The summed E-state index contributed by atoms with van der Waals surface area (Å²) in [5.41, 5.74) is 10.9. The molecule has 0 radical (unpaired) electrons. The number of allylic oxidation sites excluding steroid dienone is 4. The van der Waals surface area contributed by atoms with Gasteiger partial charge in [-0.1, -0.05) is 12.2 Å². The third-order valence-electron chi connectivity index (χ3n) is 3.61. The Labute approximate surface area is 132 Å². The number of nitrogens with zero attached hydrogens (tertiary/aromatic N) is 4. The maximum absolute atomic E-state index is 12.1. The Morgan fingerprint density at radius 1 is 1.43 bits per heavy atom. The second-order valence-electron chi connectivity index (χ2n) is 5.16. The number of imidazole rings is 1. The zero-order chi connectivity index (χ0) is 16.4. The lowest BCUT2D eigenvalue weighted by atomic mass is 10.1. The number of alkyl halides is 1. The number of hydrogen-bond donors (Lipinski definition) is 2. The zero-order valence-electron chi connectivity index (χ0n) is 12.9. The number of hydrogen-bond acceptors (Lipinski definition) is 4. The van der Waals surface area contributed by atoms with Crippen LogP contribution >= 0.6 is 0 Å². The summed E-state index contributed by atoms with van der Waals surface area (Å²) in [5, 5.41) is 4.57. The van der Waals surface area contributed by atoms with Gasteiger partial charge in [-0.2, -0.15) is 5.10 Å². The van der Waals surface area contributed by atoms with E-state index in [0.717, 1.165) is 28.0 Å². The molecule has 0 fully saturated rings. The number of nitrogens with one attached hydrogen (secondary N) is 1. The predicted molar refractivity (Wildman–Crippen MR) is 89.3 cm³/mol. The second kappa shape index (κ2) is 6.04. The van der Waals surface area contributed by atoms with Gasteiger partial charge in [0.05, 0.1) is 17.5 Å². The molecule has 0 aliphatic rings. The average molecular weight is 312 g/mol. The van der Waals surface area contributed by atoms with Crippen LogP contribution in [0.5, 0.6) is 0 Å². The van der Waals surface area contributed by atoms with Crippen molar-refractivity contribution in [1.29, 1.82) is 0 Å². The Bertz CT molecular complexity index is 903. The SMILES string of the molecule is C/C(=C\C=C/CF)n1nc(-c2cnc3nc[nH]c3c2)c(C)c1N. The van der Waals surface area contributed by atoms with Gasteiger partial charge in [0.25, 0.3) is 0 Å². The first-order chi connectivity index (χ1) is 11.1. The Hall–Kier alpha value is -2.96. The zero-order valence-corrected chi connectivity index (χ0v) is 12.9. The van der Waals surface area contributed by atoms with E-state index in [1.807, 2.05) is 19.9 Å². The first-order valence-electron chi connectivity index (χ1n) is 7.16. The van der Waals surface area contributed by atoms with E-state index in [4.69, 9.17) is 5.73 Å². The van der Waals surface area contributed by atoms with Gasteiger partial charge < -0.3 is 10.7 Å². The van der Waals surface area contributed by atoms with Crippen LogP contribution in [-0.2, 0) is 0 Å². The number of aromatic nitrogens is 5. The van der Waals surface area contributed by atoms with Gasteiger partial charge in [0, 0.05) is 23.0 Å². The largest absolute Gasteiger partial charge is 0.383 e. The molecule has 0 saturated heterocycles. The van der Waals surface area contributed by atoms with Crippen molar-refractivity contribution in [1.82, 2.24) is 24.7 Å². The van der Waals surface area contributed by atoms with E-state index < -0.39 is 6.67 Å². The van der Waals surface area contributed by atoms with Crippen molar-refractivity contribution in [2.75, 3.05) is 12.4 Å². The monoisotopic (exact) mass is 312 g/mol. The molecule has 3 aromatic rings. The number of nitrogen functional groups attached to an aromatic ring is 1. The van der Waals surface area contributed by atoms with Gasteiger partial charge in [-0.25, -0.2) is 19.0 Å². The molecule has 0 spiro atoms. The molecule has 0 aliphatic carbocycles. The summed E-state index contributed by atoms with van der Waals surface area (Å²) >= 11 is 0. The summed E-state index contributed by atoms with van der Waals surface area (Å²) in [6, 6.07) is 1.94. The topological polar surface area (TPSA) is 85.4 Å². The standard InChI is InChI=1S/C16H17FN6/c1-10(5-3-4-6-17)23-15(18)11(2)14(22-23)12-7-13-16(19-8-12)21-9-20-13/h3-5,7-9H,6,18H2,1-2H3,(H,19,20,21)/b4-3-,10-5+. The molecule has 0 bridgehead atoms. The molecule has 0 aromatic carbocycles. The molecular weight excluding hydrogens is 295 g/mol. The minimum Gasteiger partial charge on any atom is -0.383 e. The molecule has 7 heteroatoms. The first-order valence-corrected chi connectivity index (χ1v) is 7.16. The van der Waals surface area contributed by atoms with Crippen LogP contribution in [0.1, 0.15) is 12.5 Å². The van der Waals surface area contributed by atoms with Crippen molar-refractivity contribution in [3.63, 3.8) is 0 Å². The molecule has 0 aliphatic heterocycles. The van der Waals surface area contributed by atoms with Crippen LogP contribution in [0.2, 0.25) is 0 Å². The average Bonchev–Trinajstić information content (AvgIpc) is 3.12. The van der Waals surface area contributed by atoms with Crippen LogP contribution in [0, 0.1) is 6.92 Å². The quantitative estimate of drug-likeness (QED) is 0.725. The van der Waals surface area contributed by atoms with Crippen molar-refractivity contribution in [2.24, 2.45) is 0 Å². The fraction of sp³-hybridized carbons (Fsp3) is 0.188. The van der Waals surface area contributed by atoms with Crippen LogP contribution < -0.4 is 5.73 Å². The third kappa shape index (κ3) is 2.73. The fourth-order valence-corrected chi connectivity index (χ4v) is 2.34. The molecule has 3 N–H and O–H groups in total. The number of H-pyrrole nitrogens is 1. The van der Waals surface area contributed by atoms with Crippen LogP contribution in [0.4, 0.5) is 10.2 Å². The molecule has 3 rings (SSSR count). The Kier molecular flexibility index (Phi) is 3.92. The number of aromatic amines is 1. The maximum atomic E-state index is 12.1. The van der Waals surface area contributed by atoms with E-state index in [9.17, 15) is 4.39 Å². The Balaban J connectivity index is 2.05. The van der Waals surface area contributed by atoms with Gasteiger partial charge in [0.2, 0.25) is 0 Å². The van der Waals surface area contributed by atoms with Gasteiger partial charge in [0.15, 0.2) is 5.65 Å². The molecule has 0 unspecified atom stereocenters. The highest BCUT2D eigenvalue weighted by atomic mass is 19.1. The predicted octanol–water partition coefficient (Wildman–Crippen LogP) is 3.10. The summed E-state index contributed by atoms with van der Waals surface area (Å²) in [4.78, 5) is 11.4. The molecule has 0 amide bonds. The fourth-order valence-electron chi connectivity index (χ4n) is 2.34. The highest BCUT2D eigenvalue weighted by Crippen LogP contribution is 2.28. The van der Waals surface area contributed by atoms with Crippen LogP contribution in [0.15, 0.2) is 36.8 Å². The maximum Gasteiger partial charge on any atom is 0.177 e. The smallest absolute Gasteiger partial charge is 0.177 e. The minimum absolute atomic E-state index is 0.501. The van der Waals surface area contributed by atoms with E-state index in [1.54, 1.807) is 29.4 Å². The molecule has 118 valence electrons. The molecule has 0 saturated carbocycles. The van der Waals surface area contributed by atoms with Crippen LogP contribution in [0.3, 0.4) is 0 Å². The second-order valence-corrected chi connectivity index (χ2v) is 5.16. The lowest BCUT2D eigenvalue weighted by Gasteiger charge is -2.02. The summed E-state index contributed by atoms with van der Waals surface area (Å²) in [6.07, 6.45) is 8.16. The number of nitrogens with two attached hydrogens (primary N) is 1.